The largest absolute Gasteiger partial charge is 0.417 e. The lowest BCUT2D eigenvalue weighted by molar-refractivity contribution is -0.137. The van der Waals surface area contributed by atoms with Crippen molar-refractivity contribution in [2.24, 2.45) is 0 Å². The van der Waals surface area contributed by atoms with Gasteiger partial charge >= 0.3 is 6.18 Å². The number of halogens is 5. The molecule has 0 saturated carbocycles. The summed E-state index contributed by atoms with van der Waals surface area (Å²) in [5.74, 6) is 0. The standard InChI is InChI=1S/C8H6Cl2F3NO2S/c9-4-17(15,16)14-5-1-2-7(10)6(3-5)8(11,12)13/h1-3,14H,4H2. The molecule has 0 aliphatic carbocycles. The summed E-state index contributed by atoms with van der Waals surface area (Å²) in [6.07, 6.45) is -4.65. The molecular formula is C8H6Cl2F3NO2S. The van der Waals surface area contributed by atoms with Crippen molar-refractivity contribution in [2.75, 3.05) is 9.93 Å². The fraction of sp³-hybridized carbons (Fsp3) is 0.250. The zero-order chi connectivity index (χ0) is 13.3. The molecule has 0 atom stereocenters. The Balaban J connectivity index is 3.14. The maximum Gasteiger partial charge on any atom is 0.417 e. The zero-order valence-electron chi connectivity index (χ0n) is 8.05. The van der Waals surface area contributed by atoms with Gasteiger partial charge in [-0.05, 0) is 18.2 Å². The number of hydrogen-bond donors (Lipinski definition) is 1. The first-order valence-electron chi connectivity index (χ1n) is 4.09. The molecule has 96 valence electrons. The van der Waals surface area contributed by atoms with Gasteiger partial charge in [-0.25, -0.2) is 8.42 Å². The summed E-state index contributed by atoms with van der Waals surface area (Å²) >= 11 is 10.5. The Morgan fingerprint density at radius 1 is 1.29 bits per heavy atom. The Morgan fingerprint density at radius 3 is 2.35 bits per heavy atom. The number of anilines is 1. The highest BCUT2D eigenvalue weighted by Gasteiger charge is 2.33. The van der Waals surface area contributed by atoms with Crippen LogP contribution < -0.4 is 4.72 Å². The molecular weight excluding hydrogens is 302 g/mol. The predicted molar refractivity (Wildman–Crippen MR) is 59.7 cm³/mol. The Labute approximate surface area is 106 Å². The first-order valence-corrected chi connectivity index (χ1v) is 6.65. The number of benzene rings is 1. The van der Waals surface area contributed by atoms with Crippen molar-refractivity contribution < 1.29 is 21.6 Å². The van der Waals surface area contributed by atoms with Crippen molar-refractivity contribution in [1.82, 2.24) is 0 Å². The van der Waals surface area contributed by atoms with Gasteiger partial charge in [0.05, 0.1) is 10.6 Å². The van der Waals surface area contributed by atoms with Crippen molar-refractivity contribution in [1.29, 1.82) is 0 Å². The Hall–Kier alpha value is -0.660. The molecule has 0 fully saturated rings. The highest BCUT2D eigenvalue weighted by Crippen LogP contribution is 2.36. The highest BCUT2D eigenvalue weighted by atomic mass is 35.5. The van der Waals surface area contributed by atoms with Gasteiger partial charge in [0.25, 0.3) is 0 Å². The smallest absolute Gasteiger partial charge is 0.283 e. The molecule has 1 rings (SSSR count). The summed E-state index contributed by atoms with van der Waals surface area (Å²) in [4.78, 5) is 0. The van der Waals surface area contributed by atoms with Crippen molar-refractivity contribution in [2.45, 2.75) is 6.18 Å². The lowest BCUT2D eigenvalue weighted by Crippen LogP contribution is -2.14. The van der Waals surface area contributed by atoms with Crippen LogP contribution >= 0.6 is 23.2 Å². The predicted octanol–water partition coefficient (Wildman–Crippen LogP) is 3.30. The van der Waals surface area contributed by atoms with Gasteiger partial charge in [0.15, 0.2) is 0 Å². The van der Waals surface area contributed by atoms with Crippen molar-refractivity contribution in [3.8, 4) is 0 Å². The molecule has 0 bridgehead atoms. The van der Waals surface area contributed by atoms with Crippen LogP contribution in [0.5, 0.6) is 0 Å². The Bertz CT molecular complexity index is 516. The van der Waals surface area contributed by atoms with Gasteiger partial charge in [0.1, 0.15) is 5.21 Å². The van der Waals surface area contributed by atoms with Crippen LogP contribution in [0.2, 0.25) is 5.02 Å². The van der Waals surface area contributed by atoms with Gasteiger partial charge < -0.3 is 0 Å². The third-order valence-corrected chi connectivity index (χ3v) is 3.71. The molecule has 0 unspecified atom stereocenters. The van der Waals surface area contributed by atoms with E-state index in [1.165, 1.54) is 0 Å². The molecule has 0 saturated heterocycles. The average molecular weight is 308 g/mol. The van der Waals surface area contributed by atoms with Crippen molar-refractivity contribution >= 4 is 38.9 Å². The topological polar surface area (TPSA) is 46.2 Å². The second-order valence-corrected chi connectivity index (χ2v) is 5.73. The van der Waals surface area contributed by atoms with Crippen molar-refractivity contribution in [3.05, 3.63) is 28.8 Å². The zero-order valence-corrected chi connectivity index (χ0v) is 10.4. The summed E-state index contributed by atoms with van der Waals surface area (Å²) in [6.45, 7) is 0. The SMILES string of the molecule is O=S(=O)(CCl)Nc1ccc(Cl)c(C(F)(F)F)c1. The molecule has 9 heteroatoms. The summed E-state index contributed by atoms with van der Waals surface area (Å²) in [5.41, 5.74) is -1.36. The second kappa shape index (κ2) is 4.91. The van der Waals surface area contributed by atoms with Gasteiger partial charge in [-0.15, -0.1) is 11.6 Å². The number of sulfonamides is 1. The Kier molecular flexibility index (Phi) is 4.16. The molecule has 1 N–H and O–H groups in total. The van der Waals surface area contributed by atoms with Crippen LogP contribution in [0.1, 0.15) is 5.56 Å². The summed E-state index contributed by atoms with van der Waals surface area (Å²) in [7, 11) is -3.84. The lowest BCUT2D eigenvalue weighted by Gasteiger charge is -2.11. The molecule has 0 aliphatic rings. The molecule has 17 heavy (non-hydrogen) atoms. The quantitative estimate of drug-likeness (QED) is 0.871. The first kappa shape index (κ1) is 14.4. The molecule has 0 radical (unpaired) electrons. The van der Waals surface area contributed by atoms with Crippen LogP contribution in [0.15, 0.2) is 18.2 Å². The van der Waals surface area contributed by atoms with Crippen LogP contribution in [0.3, 0.4) is 0 Å². The van der Waals surface area contributed by atoms with E-state index >= 15 is 0 Å². The maximum atomic E-state index is 12.5. The molecule has 0 amide bonds. The first-order chi connectivity index (χ1) is 7.65. The van der Waals surface area contributed by atoms with E-state index < -0.39 is 32.0 Å². The van der Waals surface area contributed by atoms with Crippen molar-refractivity contribution in [3.63, 3.8) is 0 Å². The molecule has 0 aromatic heterocycles. The summed E-state index contributed by atoms with van der Waals surface area (Å²) in [6, 6.07) is 2.67. The van der Waals surface area contributed by atoms with Gasteiger partial charge in [-0.1, -0.05) is 11.6 Å². The fourth-order valence-electron chi connectivity index (χ4n) is 1.01. The Morgan fingerprint density at radius 2 is 1.88 bits per heavy atom. The van der Waals surface area contributed by atoms with E-state index in [1.807, 2.05) is 4.72 Å². The van der Waals surface area contributed by atoms with Gasteiger partial charge in [-0.3, -0.25) is 4.72 Å². The third kappa shape index (κ3) is 3.93. The van der Waals surface area contributed by atoms with Crippen LogP contribution in [-0.4, -0.2) is 13.6 Å². The van der Waals surface area contributed by atoms with E-state index in [1.54, 1.807) is 0 Å². The third-order valence-electron chi connectivity index (χ3n) is 1.69. The highest BCUT2D eigenvalue weighted by molar-refractivity contribution is 7.93. The second-order valence-electron chi connectivity index (χ2n) is 3.02. The van der Waals surface area contributed by atoms with E-state index in [4.69, 9.17) is 23.2 Å². The minimum Gasteiger partial charge on any atom is -0.283 e. The minimum absolute atomic E-state index is 0.248. The van der Waals surface area contributed by atoms with Crippen LogP contribution in [0, 0.1) is 0 Å². The molecule has 1 aromatic carbocycles. The monoisotopic (exact) mass is 307 g/mol. The fourth-order valence-corrected chi connectivity index (χ4v) is 1.94. The average Bonchev–Trinajstić information content (AvgIpc) is 2.19. The molecule has 0 aliphatic heterocycles. The summed E-state index contributed by atoms with van der Waals surface area (Å²) < 4.78 is 61.4. The normalized spacial score (nSPS) is 12.5. The van der Waals surface area contributed by atoms with E-state index in [-0.39, 0.29) is 5.69 Å². The van der Waals surface area contributed by atoms with E-state index in [0.29, 0.717) is 6.07 Å². The van der Waals surface area contributed by atoms with Gasteiger partial charge in [0.2, 0.25) is 10.0 Å². The number of alkyl halides is 4. The lowest BCUT2D eigenvalue weighted by atomic mass is 10.2. The van der Waals surface area contributed by atoms with Gasteiger partial charge in [-0.2, -0.15) is 13.2 Å². The van der Waals surface area contributed by atoms with Crippen LogP contribution in [0.25, 0.3) is 0 Å². The molecule has 0 spiro atoms. The number of nitrogens with one attached hydrogen (secondary N) is 1. The summed E-state index contributed by atoms with van der Waals surface area (Å²) in [5, 5.41) is -1.26. The van der Waals surface area contributed by atoms with E-state index in [9.17, 15) is 21.6 Å². The minimum atomic E-state index is -4.65. The maximum absolute atomic E-state index is 12.5. The molecule has 3 nitrogen and oxygen atoms in total. The number of hydrogen-bond acceptors (Lipinski definition) is 2. The molecule has 1 aromatic rings. The van der Waals surface area contributed by atoms with E-state index in [2.05, 4.69) is 0 Å². The van der Waals surface area contributed by atoms with Gasteiger partial charge in [0, 0.05) is 5.69 Å². The molecule has 0 heterocycles. The number of rotatable bonds is 3. The van der Waals surface area contributed by atoms with Crippen LogP contribution in [0.4, 0.5) is 18.9 Å². The van der Waals surface area contributed by atoms with E-state index in [0.717, 1.165) is 12.1 Å². The van der Waals surface area contributed by atoms with Crippen LogP contribution in [-0.2, 0) is 16.2 Å².